The predicted molar refractivity (Wildman–Crippen MR) is 226 cm³/mol. The molecule has 2 aliphatic carbocycles. The van der Waals surface area contributed by atoms with E-state index in [1.165, 1.54) is 22.3 Å². The van der Waals surface area contributed by atoms with Crippen LogP contribution in [0.1, 0.15) is 27.8 Å². The average molecular weight is 731 g/mol. The van der Waals surface area contributed by atoms with E-state index in [4.69, 9.17) is 0 Å². The van der Waals surface area contributed by atoms with Gasteiger partial charge < -0.3 is 9.13 Å². The minimum Gasteiger partial charge on any atom is -0.309 e. The van der Waals surface area contributed by atoms with Crippen molar-refractivity contribution < 1.29 is 9.13 Å². The van der Waals surface area contributed by atoms with Crippen molar-refractivity contribution in [3.63, 3.8) is 0 Å². The van der Waals surface area contributed by atoms with E-state index < -0.39 is 19.7 Å². The van der Waals surface area contributed by atoms with Crippen LogP contribution in [0.2, 0.25) is 0 Å². The lowest BCUT2D eigenvalue weighted by Gasteiger charge is -2.32. The lowest BCUT2D eigenvalue weighted by molar-refractivity contribution is 0.591. The second kappa shape index (κ2) is 12.4. The van der Waals surface area contributed by atoms with Crippen LogP contribution in [0.4, 0.5) is 0 Å². The Morgan fingerprint density at radius 2 is 0.648 bits per heavy atom. The summed E-state index contributed by atoms with van der Waals surface area (Å²) < 4.78 is 31.8. The highest BCUT2D eigenvalue weighted by atomic mass is 31.2. The molecule has 258 valence electrons. The minimum atomic E-state index is -3.30. The first-order valence-electron chi connectivity index (χ1n) is 18.4. The molecule has 0 radical (unpaired) electrons. The van der Waals surface area contributed by atoms with Crippen molar-refractivity contribution in [2.45, 2.75) is 12.3 Å². The first-order valence-corrected chi connectivity index (χ1v) is 21.8. The van der Waals surface area contributed by atoms with Crippen LogP contribution in [-0.2, 0) is 14.5 Å². The molecule has 10 rings (SSSR count). The molecule has 2 aliphatic rings. The number of benzene rings is 8. The van der Waals surface area contributed by atoms with E-state index in [1.54, 1.807) is 0 Å². The summed E-state index contributed by atoms with van der Waals surface area (Å²) in [6.07, 6.45) is 0. The molecule has 0 saturated heterocycles. The molecule has 0 aromatic heterocycles. The molecule has 1 unspecified atom stereocenters. The van der Waals surface area contributed by atoms with Gasteiger partial charge in [0.05, 0.1) is 5.41 Å². The second-order valence-corrected chi connectivity index (χ2v) is 19.9. The normalized spacial score (nSPS) is 15.4. The molecule has 0 fully saturated rings. The highest BCUT2D eigenvalue weighted by Crippen LogP contribution is 2.63. The van der Waals surface area contributed by atoms with E-state index in [2.05, 4.69) is 85.8 Å². The third-order valence-electron chi connectivity index (χ3n) is 11.5. The zero-order chi connectivity index (χ0) is 36.5. The van der Waals surface area contributed by atoms with Crippen molar-refractivity contribution in [1.82, 2.24) is 0 Å². The molecule has 0 bridgehead atoms. The van der Waals surface area contributed by atoms with Gasteiger partial charge in [-0.1, -0.05) is 194 Å². The third kappa shape index (κ3) is 4.54. The summed E-state index contributed by atoms with van der Waals surface area (Å²) in [7, 11) is -6.60. The quantitative estimate of drug-likeness (QED) is 0.160. The Bertz CT molecular complexity index is 2630. The summed E-state index contributed by atoms with van der Waals surface area (Å²) in [5.41, 5.74) is 9.60. The van der Waals surface area contributed by atoms with E-state index in [0.717, 1.165) is 59.6 Å². The Morgan fingerprint density at radius 3 is 1.07 bits per heavy atom. The number of hydrogen-bond donors (Lipinski definition) is 0. The monoisotopic (exact) mass is 730 g/mol. The summed E-state index contributed by atoms with van der Waals surface area (Å²) in [6.45, 7) is 2.15. The SMILES string of the molecule is Cc1ccc2c(c1)C1(c3ccccc3-c3ccc(P(=O)(c4ccccc4)c4ccccc4)cc31)c1cc(P(=O)(c3ccccc3)c3ccccc3)ccc1-2. The van der Waals surface area contributed by atoms with Crippen molar-refractivity contribution >= 4 is 46.1 Å². The molecular weight excluding hydrogens is 694 g/mol. The fourth-order valence-corrected chi connectivity index (χ4v) is 14.5. The lowest BCUT2D eigenvalue weighted by atomic mass is 9.70. The van der Waals surface area contributed by atoms with Gasteiger partial charge in [-0.2, -0.15) is 0 Å². The van der Waals surface area contributed by atoms with Gasteiger partial charge in [-0.25, -0.2) is 0 Å². The first-order chi connectivity index (χ1) is 26.4. The van der Waals surface area contributed by atoms with Crippen molar-refractivity contribution in [3.05, 3.63) is 228 Å². The molecule has 0 heterocycles. The van der Waals surface area contributed by atoms with Gasteiger partial charge in [0.1, 0.15) is 0 Å². The Labute approximate surface area is 316 Å². The van der Waals surface area contributed by atoms with E-state index in [0.29, 0.717) is 0 Å². The summed E-state index contributed by atoms with van der Waals surface area (Å²) in [5, 5.41) is 4.80. The number of fused-ring (bicyclic) bond motifs is 10. The van der Waals surface area contributed by atoms with Crippen LogP contribution in [0.3, 0.4) is 0 Å². The number of aryl methyl sites for hydroxylation is 1. The molecule has 0 saturated carbocycles. The lowest BCUT2D eigenvalue weighted by Crippen LogP contribution is -2.31. The van der Waals surface area contributed by atoms with Gasteiger partial charge in [-0.05, 0) is 63.6 Å². The van der Waals surface area contributed by atoms with E-state index in [9.17, 15) is 0 Å². The molecule has 0 amide bonds. The summed E-state index contributed by atoms with van der Waals surface area (Å²) >= 11 is 0. The van der Waals surface area contributed by atoms with Crippen LogP contribution < -0.4 is 31.8 Å². The standard InChI is InChI=1S/C50H36O2P2/c1-35-26-29-43-45-31-28-41(54(52,38-20-10-4-11-21-38)39-22-12-5-13-23-39)34-49(45)50(47(43)32-35)46-25-15-14-24-42(46)44-30-27-40(33-48(44)50)53(51,36-16-6-2-7-17-36)37-18-8-3-9-19-37/h2-34H,1H3. The Kier molecular flexibility index (Phi) is 7.54. The largest absolute Gasteiger partial charge is 0.309 e. The fraction of sp³-hybridized carbons (Fsp3) is 0.0400. The summed E-state index contributed by atoms with van der Waals surface area (Å²) in [6, 6.07) is 68.1. The van der Waals surface area contributed by atoms with E-state index >= 15 is 9.13 Å². The van der Waals surface area contributed by atoms with Crippen LogP contribution in [0.25, 0.3) is 22.3 Å². The second-order valence-electron chi connectivity index (χ2n) is 14.4. The van der Waals surface area contributed by atoms with Gasteiger partial charge in [-0.15, -0.1) is 0 Å². The summed E-state index contributed by atoms with van der Waals surface area (Å²) in [4.78, 5) is 0. The van der Waals surface area contributed by atoms with Gasteiger partial charge in [-0.3, -0.25) is 0 Å². The minimum absolute atomic E-state index is 0.731. The molecule has 0 N–H and O–H groups in total. The van der Waals surface area contributed by atoms with Crippen LogP contribution in [0, 0.1) is 6.92 Å². The van der Waals surface area contributed by atoms with Gasteiger partial charge in [0, 0.05) is 31.8 Å². The number of hydrogen-bond acceptors (Lipinski definition) is 2. The van der Waals surface area contributed by atoms with Gasteiger partial charge in [0.15, 0.2) is 14.3 Å². The molecule has 2 nitrogen and oxygen atoms in total. The third-order valence-corrected chi connectivity index (χ3v) is 17.6. The predicted octanol–water partition coefficient (Wildman–Crippen LogP) is 9.62. The molecule has 1 atom stereocenters. The van der Waals surface area contributed by atoms with Crippen molar-refractivity contribution in [1.29, 1.82) is 0 Å². The smallest absolute Gasteiger partial charge is 0.171 e. The molecule has 0 aliphatic heterocycles. The maximum atomic E-state index is 15.9. The molecular formula is C50H36O2P2. The topological polar surface area (TPSA) is 34.1 Å². The molecule has 8 aromatic rings. The molecule has 54 heavy (non-hydrogen) atoms. The van der Waals surface area contributed by atoms with Crippen molar-refractivity contribution in [2.24, 2.45) is 0 Å². The Balaban J connectivity index is 1.31. The zero-order valence-electron chi connectivity index (χ0n) is 29.8. The molecule has 8 aromatic carbocycles. The Hall–Kier alpha value is -5.78. The van der Waals surface area contributed by atoms with Gasteiger partial charge >= 0.3 is 0 Å². The highest BCUT2D eigenvalue weighted by molar-refractivity contribution is 7.85. The van der Waals surface area contributed by atoms with Gasteiger partial charge in [0.25, 0.3) is 0 Å². The number of rotatable bonds is 6. The van der Waals surface area contributed by atoms with Gasteiger partial charge in [0.2, 0.25) is 0 Å². The maximum absolute atomic E-state index is 15.9. The maximum Gasteiger partial charge on any atom is 0.171 e. The van der Waals surface area contributed by atoms with E-state index in [1.807, 2.05) is 121 Å². The van der Waals surface area contributed by atoms with Crippen molar-refractivity contribution in [2.75, 3.05) is 0 Å². The van der Waals surface area contributed by atoms with Crippen molar-refractivity contribution in [3.8, 4) is 22.3 Å². The van der Waals surface area contributed by atoms with Crippen LogP contribution in [-0.4, -0.2) is 0 Å². The first kappa shape index (κ1) is 32.8. The average Bonchev–Trinajstić information content (AvgIpc) is 3.70. The van der Waals surface area contributed by atoms with Crippen LogP contribution >= 0.6 is 14.3 Å². The fourth-order valence-electron chi connectivity index (χ4n) is 9.11. The van der Waals surface area contributed by atoms with E-state index in [-0.39, 0.29) is 0 Å². The van der Waals surface area contributed by atoms with Crippen LogP contribution in [0.15, 0.2) is 200 Å². The Morgan fingerprint density at radius 1 is 0.315 bits per heavy atom. The molecule has 1 spiro atoms. The molecule has 4 heteroatoms. The van der Waals surface area contributed by atoms with Crippen LogP contribution in [0.5, 0.6) is 0 Å². The zero-order valence-corrected chi connectivity index (χ0v) is 31.6. The highest BCUT2D eigenvalue weighted by Gasteiger charge is 2.53. The summed E-state index contributed by atoms with van der Waals surface area (Å²) in [5.74, 6) is 0.